The zero-order valence-electron chi connectivity index (χ0n) is 15.4. The Labute approximate surface area is 178 Å². The van der Waals surface area contributed by atoms with Crippen LogP contribution in [0.2, 0.25) is 5.02 Å². The molecule has 0 saturated heterocycles. The first-order valence-electron chi connectivity index (χ1n) is 8.82. The molecule has 1 aromatic heterocycles. The number of nitrogens with one attached hydrogen (secondary N) is 2. The average Bonchev–Trinajstić information content (AvgIpc) is 3.07. The van der Waals surface area contributed by atoms with Gasteiger partial charge in [0.05, 0.1) is 17.3 Å². The highest BCUT2D eigenvalue weighted by Gasteiger charge is 2.39. The molecule has 0 spiro atoms. The summed E-state index contributed by atoms with van der Waals surface area (Å²) >= 11 is 7.10. The summed E-state index contributed by atoms with van der Waals surface area (Å²) in [7, 11) is 0. The van der Waals surface area contributed by atoms with Crippen molar-refractivity contribution >= 4 is 35.0 Å². The number of hydrogen-bond donors (Lipinski definition) is 2. The van der Waals surface area contributed by atoms with E-state index in [-0.39, 0.29) is 5.69 Å². The van der Waals surface area contributed by atoms with Gasteiger partial charge in [-0.25, -0.2) is 4.68 Å². The van der Waals surface area contributed by atoms with Gasteiger partial charge in [-0.1, -0.05) is 47.6 Å². The topological polar surface area (TPSA) is 71.8 Å². The number of hydrogen-bond acceptors (Lipinski definition) is 5. The van der Waals surface area contributed by atoms with Crippen LogP contribution in [0.3, 0.4) is 0 Å². The molecule has 6 nitrogen and oxygen atoms in total. The fraction of sp³-hybridized carbons (Fsp3) is 0.211. The van der Waals surface area contributed by atoms with Crippen LogP contribution in [-0.2, 0) is 11.0 Å². The summed E-state index contributed by atoms with van der Waals surface area (Å²) < 4.78 is 41.6. The van der Waals surface area contributed by atoms with Crippen molar-refractivity contribution in [1.29, 1.82) is 0 Å². The van der Waals surface area contributed by atoms with Crippen molar-refractivity contribution < 1.29 is 18.0 Å². The number of rotatable bonds is 3. The Morgan fingerprint density at radius 1 is 1.17 bits per heavy atom. The second-order valence-corrected chi connectivity index (χ2v) is 8.14. The lowest BCUT2D eigenvalue weighted by Gasteiger charge is -2.33. The molecule has 0 radical (unpaired) electrons. The number of thioether (sulfide) groups is 1. The standard InChI is InChI=1S/C19H15ClF3N5OS/c1-10-25-26-18-28(10)27-15(11-6-8-12(20)9-7-11)16(30-18)17(29)24-14-5-3-2-4-13(14)19(21,22)23/h2-9,15-16,27H,1H3,(H,24,29)/t15-,16-/m0/s1. The first-order chi connectivity index (χ1) is 14.2. The fourth-order valence-corrected chi connectivity index (χ4v) is 4.38. The van der Waals surface area contributed by atoms with Gasteiger partial charge in [0, 0.05) is 5.02 Å². The van der Waals surface area contributed by atoms with Crippen LogP contribution >= 0.6 is 23.4 Å². The van der Waals surface area contributed by atoms with Gasteiger partial charge in [-0.05, 0) is 36.8 Å². The highest BCUT2D eigenvalue weighted by atomic mass is 35.5. The van der Waals surface area contributed by atoms with E-state index >= 15 is 0 Å². The van der Waals surface area contributed by atoms with Gasteiger partial charge in [0.15, 0.2) is 0 Å². The zero-order valence-corrected chi connectivity index (χ0v) is 17.0. The van der Waals surface area contributed by atoms with Crippen molar-refractivity contribution in [2.45, 2.75) is 29.5 Å². The van der Waals surface area contributed by atoms with Crippen molar-refractivity contribution in [3.05, 3.63) is 70.5 Å². The van der Waals surface area contributed by atoms with Gasteiger partial charge in [0.1, 0.15) is 11.1 Å². The molecule has 1 aliphatic rings. The van der Waals surface area contributed by atoms with Crippen LogP contribution in [-0.4, -0.2) is 26.0 Å². The quantitative estimate of drug-likeness (QED) is 0.603. The monoisotopic (exact) mass is 453 g/mol. The van der Waals surface area contributed by atoms with E-state index in [4.69, 9.17) is 11.6 Å². The van der Waals surface area contributed by atoms with Gasteiger partial charge in [0.2, 0.25) is 11.1 Å². The molecule has 2 heterocycles. The summed E-state index contributed by atoms with van der Waals surface area (Å²) in [4.78, 5) is 13.1. The number of halogens is 4. The summed E-state index contributed by atoms with van der Waals surface area (Å²) in [5, 5.41) is 10.6. The van der Waals surface area contributed by atoms with E-state index in [1.54, 1.807) is 35.9 Å². The zero-order chi connectivity index (χ0) is 21.5. The number of para-hydroxylation sites is 1. The molecular formula is C19H15ClF3N5OS. The fourth-order valence-electron chi connectivity index (χ4n) is 3.12. The maximum atomic E-state index is 13.3. The Morgan fingerprint density at radius 3 is 2.57 bits per heavy atom. The van der Waals surface area contributed by atoms with E-state index in [9.17, 15) is 18.0 Å². The summed E-state index contributed by atoms with van der Waals surface area (Å²) in [6.45, 7) is 1.75. The summed E-state index contributed by atoms with van der Waals surface area (Å²) in [6, 6.07) is 11.2. The molecule has 0 saturated carbocycles. The van der Waals surface area contributed by atoms with Crippen molar-refractivity contribution in [2.75, 3.05) is 10.7 Å². The second-order valence-electron chi connectivity index (χ2n) is 6.59. The van der Waals surface area contributed by atoms with Gasteiger partial charge in [-0.15, -0.1) is 10.2 Å². The third kappa shape index (κ3) is 3.97. The molecule has 30 heavy (non-hydrogen) atoms. The Balaban J connectivity index is 1.68. The predicted octanol–water partition coefficient (Wildman–Crippen LogP) is 4.66. The maximum Gasteiger partial charge on any atom is 0.418 e. The van der Waals surface area contributed by atoms with Gasteiger partial charge >= 0.3 is 6.18 Å². The Bertz CT molecular complexity index is 1090. The van der Waals surface area contributed by atoms with Crippen LogP contribution < -0.4 is 10.7 Å². The molecule has 2 N–H and O–H groups in total. The molecule has 0 aliphatic carbocycles. The van der Waals surface area contributed by atoms with Gasteiger partial charge in [-0.2, -0.15) is 13.2 Å². The van der Waals surface area contributed by atoms with E-state index in [2.05, 4.69) is 20.9 Å². The van der Waals surface area contributed by atoms with Gasteiger partial charge in [-0.3, -0.25) is 4.79 Å². The molecule has 2 atom stereocenters. The SMILES string of the molecule is Cc1nnc2n1N[C@@H](c1ccc(Cl)cc1)[C@@H](C(=O)Nc1ccccc1C(F)(F)F)S2. The van der Waals surface area contributed by atoms with Crippen molar-refractivity contribution in [1.82, 2.24) is 14.9 Å². The number of nitrogens with zero attached hydrogens (tertiary/aromatic N) is 3. The van der Waals surface area contributed by atoms with E-state index in [1.165, 1.54) is 18.2 Å². The minimum Gasteiger partial charge on any atom is -0.324 e. The van der Waals surface area contributed by atoms with E-state index in [0.29, 0.717) is 16.0 Å². The summed E-state index contributed by atoms with van der Waals surface area (Å²) in [5.74, 6) is 0.00814. The summed E-state index contributed by atoms with van der Waals surface area (Å²) in [5.41, 5.74) is 2.73. The maximum absolute atomic E-state index is 13.3. The molecule has 0 unspecified atom stereocenters. The number of benzene rings is 2. The van der Waals surface area contributed by atoms with Crippen LogP contribution in [0.15, 0.2) is 53.7 Å². The Kier molecular flexibility index (Phi) is 5.37. The van der Waals surface area contributed by atoms with Gasteiger partial charge < -0.3 is 10.7 Å². The Hall–Kier alpha value is -2.72. The number of aryl methyl sites for hydroxylation is 1. The lowest BCUT2D eigenvalue weighted by atomic mass is 10.0. The molecule has 4 rings (SSSR count). The lowest BCUT2D eigenvalue weighted by Crippen LogP contribution is -2.41. The van der Waals surface area contributed by atoms with Crippen LogP contribution in [0.4, 0.5) is 18.9 Å². The first-order valence-corrected chi connectivity index (χ1v) is 10.1. The van der Waals surface area contributed by atoms with E-state index in [1.807, 2.05) is 0 Å². The third-order valence-corrected chi connectivity index (χ3v) is 6.04. The highest BCUT2D eigenvalue weighted by Crippen LogP contribution is 2.39. The number of aromatic nitrogens is 3. The van der Waals surface area contributed by atoms with Crippen molar-refractivity contribution in [2.24, 2.45) is 0 Å². The molecule has 0 fully saturated rings. The minimum absolute atomic E-state index is 0.298. The highest BCUT2D eigenvalue weighted by molar-refractivity contribution is 8.00. The molecule has 156 valence electrons. The van der Waals surface area contributed by atoms with E-state index < -0.39 is 28.9 Å². The molecule has 1 amide bonds. The molecule has 3 aromatic rings. The average molecular weight is 454 g/mol. The molecular weight excluding hydrogens is 439 g/mol. The third-order valence-electron chi connectivity index (χ3n) is 4.58. The number of fused-ring (bicyclic) bond motifs is 1. The smallest absolute Gasteiger partial charge is 0.324 e. The number of alkyl halides is 3. The van der Waals surface area contributed by atoms with Crippen LogP contribution in [0, 0.1) is 6.92 Å². The second kappa shape index (κ2) is 7.84. The van der Waals surface area contributed by atoms with Crippen LogP contribution in [0.5, 0.6) is 0 Å². The number of carbonyl (C=O) groups is 1. The van der Waals surface area contributed by atoms with Crippen LogP contribution in [0.25, 0.3) is 0 Å². The predicted molar refractivity (Wildman–Crippen MR) is 108 cm³/mol. The normalized spacial score (nSPS) is 18.4. The van der Waals surface area contributed by atoms with Gasteiger partial charge in [0.25, 0.3) is 0 Å². The lowest BCUT2D eigenvalue weighted by molar-refractivity contribution is -0.137. The van der Waals surface area contributed by atoms with Crippen molar-refractivity contribution in [3.63, 3.8) is 0 Å². The van der Waals surface area contributed by atoms with E-state index in [0.717, 1.165) is 23.4 Å². The molecule has 0 bridgehead atoms. The molecule has 2 aromatic carbocycles. The molecule has 11 heteroatoms. The van der Waals surface area contributed by atoms with Crippen molar-refractivity contribution in [3.8, 4) is 0 Å². The number of carbonyl (C=O) groups excluding carboxylic acids is 1. The van der Waals surface area contributed by atoms with Crippen LogP contribution in [0.1, 0.15) is 23.0 Å². The minimum atomic E-state index is -4.59. The Morgan fingerprint density at radius 2 is 1.87 bits per heavy atom. The number of amides is 1. The molecule has 1 aliphatic heterocycles. The largest absolute Gasteiger partial charge is 0.418 e. The number of anilines is 1. The summed E-state index contributed by atoms with van der Waals surface area (Å²) in [6.07, 6.45) is -4.59. The first kappa shape index (κ1) is 20.5.